The Morgan fingerprint density at radius 3 is 1.11 bits per heavy atom. The number of esters is 1. The molecule has 32 nitrogen and oxygen atoms in total. The third-order valence-electron chi connectivity index (χ3n) is 17.2. The van der Waals surface area contributed by atoms with Crippen molar-refractivity contribution in [3.05, 3.63) is 347 Å². The number of aliphatic hydroxyl groups excluding tert-OH is 1. The van der Waals surface area contributed by atoms with Gasteiger partial charge in [0.25, 0.3) is 11.8 Å². The van der Waals surface area contributed by atoms with Gasteiger partial charge in [-0.2, -0.15) is 4.99 Å². The second-order valence-corrected chi connectivity index (χ2v) is 32.5. The van der Waals surface area contributed by atoms with Crippen LogP contribution in [0.2, 0.25) is 0 Å². The molecule has 7 heterocycles. The number of rotatable bonds is 23. The molecule has 7 aromatic heterocycles. The predicted octanol–water partition coefficient (Wildman–Crippen LogP) is 21.8. The number of hydrogen-bond donors (Lipinski definition) is 11. The first kappa shape index (κ1) is 100. The highest BCUT2D eigenvalue weighted by Gasteiger charge is 2.22. The molecule has 0 aliphatic heterocycles. The molecule has 7 aromatic carbocycles. The summed E-state index contributed by atoms with van der Waals surface area (Å²) in [5, 5.41) is 42.1. The standard InChI is InChI=1S/C29H28N4O5S.C24H20N4O3S.C15H18N2O2S.C14H12N2O4.C10H9NO3.C6H7NO/c1-29(2,3)38-28(36)33-23-13-10-21(25-7-5-15-39-25)16-24(23)32-26(34)20-8-11-22(12-9-20)31-27(35)37-18-19-6-4-14-30-17-19;25-20-10-7-18(22-4-2-12-32-22)13-21(20)28-23(29)17-5-8-19(9-6-17)27-24(30)31-15-16-3-1-11-26-14-16;1-15(2,3)19-14(18)17-12-7-6-10(9-11(12)16)13-5-4-8-20-13;17-13(18)11-3-5-12(6-4-11)16-14(19)20-9-10-2-1-7-15-8-10;1-2-14-10(13)8-3-5-9(6-4-8)11-7-12;8-5-6-2-1-3-7-4-6/h4-17H,18H2,1-3H3,(H,31,35)(H,32,34)(H,33,36);1-14H,15,25H2,(H,27,30)(H,28,29);4-9H,16H2,1-3H3,(H,17,18);1-8H,9H2,(H,16,19)(H,17,18);3-6H,2H2,1H3;1-4,8H,5H2. The number of ether oxygens (including phenoxy) is 6. The minimum absolute atomic E-state index is 0.0772. The summed E-state index contributed by atoms with van der Waals surface area (Å²) >= 11 is 4.82. The van der Waals surface area contributed by atoms with Crippen molar-refractivity contribution in [2.24, 2.45) is 4.99 Å². The number of carboxylic acids is 1. The van der Waals surface area contributed by atoms with Crippen molar-refractivity contribution in [1.82, 2.24) is 19.9 Å². The Bertz CT molecular complexity index is 6160. The van der Waals surface area contributed by atoms with E-state index in [0.29, 0.717) is 80.2 Å². The maximum atomic E-state index is 13.1. The number of carbonyl (C=O) groups excluding carboxylic acids is 9. The monoisotopic (exact) mass is 1850 g/mol. The van der Waals surface area contributed by atoms with E-state index in [-0.39, 0.29) is 43.9 Å². The molecule has 0 saturated heterocycles. The van der Waals surface area contributed by atoms with E-state index in [4.69, 9.17) is 50.1 Å². The highest BCUT2D eigenvalue weighted by atomic mass is 32.1. The van der Waals surface area contributed by atoms with Gasteiger partial charge in [0, 0.05) is 109 Å². The van der Waals surface area contributed by atoms with Gasteiger partial charge in [-0.1, -0.05) is 60.7 Å². The molecule has 0 saturated carbocycles. The van der Waals surface area contributed by atoms with Gasteiger partial charge >= 0.3 is 42.4 Å². The number of carbonyl (C=O) groups is 9. The smallest absolute Gasteiger partial charge is 0.412 e. The molecule has 682 valence electrons. The Kier molecular flexibility index (Phi) is 38.7. The third-order valence-corrected chi connectivity index (χ3v) is 20.0. The fraction of sp³-hybridized carbons (Fsp3) is 0.143. The van der Waals surface area contributed by atoms with Crippen LogP contribution in [-0.4, -0.2) is 108 Å². The Hall–Kier alpha value is -16.6. The number of aromatic carboxylic acids is 1. The molecule has 14 rings (SSSR count). The lowest BCUT2D eigenvalue weighted by Gasteiger charge is -2.21. The lowest BCUT2D eigenvalue weighted by molar-refractivity contribution is 0.0524. The number of anilines is 9. The summed E-state index contributed by atoms with van der Waals surface area (Å²) < 4.78 is 30.7. The van der Waals surface area contributed by atoms with Crippen molar-refractivity contribution >= 4 is 151 Å². The van der Waals surface area contributed by atoms with Gasteiger partial charge in [-0.25, -0.2) is 38.4 Å². The molecule has 0 aliphatic rings. The normalized spacial score (nSPS) is 10.3. The molecular weight excluding hydrogens is 1760 g/mol. The van der Waals surface area contributed by atoms with Crippen LogP contribution in [-0.2, 0) is 59.6 Å². The van der Waals surface area contributed by atoms with Crippen LogP contribution in [0.15, 0.2) is 307 Å². The van der Waals surface area contributed by atoms with Crippen LogP contribution in [0.25, 0.3) is 31.3 Å². The molecule has 0 fully saturated rings. The summed E-state index contributed by atoms with van der Waals surface area (Å²) in [5.74, 6) is -2.09. The number of amides is 7. The molecule has 133 heavy (non-hydrogen) atoms. The van der Waals surface area contributed by atoms with Crippen LogP contribution >= 0.6 is 34.0 Å². The molecule has 0 radical (unpaired) electrons. The van der Waals surface area contributed by atoms with Crippen molar-refractivity contribution < 1.29 is 86.6 Å². The molecule has 0 unspecified atom stereocenters. The van der Waals surface area contributed by atoms with Gasteiger partial charge in [-0.3, -0.25) is 56.1 Å². The number of aliphatic hydroxyl groups is 1. The van der Waals surface area contributed by atoms with Crippen LogP contribution in [0.4, 0.5) is 80.8 Å². The molecule has 0 spiro atoms. The largest absolute Gasteiger partial charge is 0.478 e. The topological polar surface area (TPSA) is 467 Å². The lowest BCUT2D eigenvalue weighted by atomic mass is 10.1. The summed E-state index contributed by atoms with van der Waals surface area (Å²) in [6, 6.07) is 67.6. The molecular formula is C98H94N14O18S3. The van der Waals surface area contributed by atoms with Crippen LogP contribution in [0.3, 0.4) is 0 Å². The number of nitrogens with two attached hydrogens (primary N) is 2. The number of nitrogen functional groups attached to an aromatic ring is 2. The van der Waals surface area contributed by atoms with Crippen molar-refractivity contribution in [2.75, 3.05) is 55.3 Å². The summed E-state index contributed by atoms with van der Waals surface area (Å²) in [5.41, 5.74) is 23.1. The van der Waals surface area contributed by atoms with Crippen LogP contribution in [0.5, 0.6) is 0 Å². The fourth-order valence-corrected chi connectivity index (χ4v) is 13.2. The van der Waals surface area contributed by atoms with E-state index in [1.165, 1.54) is 30.3 Å². The minimum Gasteiger partial charge on any atom is -0.478 e. The van der Waals surface area contributed by atoms with Crippen molar-refractivity contribution in [1.29, 1.82) is 0 Å². The van der Waals surface area contributed by atoms with Crippen molar-refractivity contribution in [2.45, 2.75) is 86.1 Å². The number of aliphatic imine (C=N–C) groups is 1. The molecule has 35 heteroatoms. The zero-order valence-corrected chi connectivity index (χ0v) is 75.4. The van der Waals surface area contributed by atoms with Crippen LogP contribution in [0, 0.1) is 0 Å². The van der Waals surface area contributed by atoms with Crippen LogP contribution in [0.1, 0.15) is 112 Å². The van der Waals surface area contributed by atoms with Gasteiger partial charge in [-0.05, 0) is 263 Å². The van der Waals surface area contributed by atoms with Crippen LogP contribution < -0.4 is 48.7 Å². The average Bonchev–Trinajstić information content (AvgIpc) is 1.82. The van der Waals surface area contributed by atoms with E-state index < -0.39 is 53.5 Å². The lowest BCUT2D eigenvalue weighted by Crippen LogP contribution is -2.27. The molecule has 14 aromatic rings. The Balaban J connectivity index is 0.000000190. The first-order valence-corrected chi connectivity index (χ1v) is 43.1. The number of isocyanates is 1. The number of nitrogens with zero attached hydrogens (tertiary/aromatic N) is 5. The average molecular weight is 1850 g/mol. The van der Waals surface area contributed by atoms with Crippen molar-refractivity contribution in [3.8, 4) is 31.3 Å². The third kappa shape index (κ3) is 35.5. The van der Waals surface area contributed by atoms with Gasteiger partial charge in [-0.15, -0.1) is 34.0 Å². The molecule has 0 bridgehead atoms. The summed E-state index contributed by atoms with van der Waals surface area (Å²) in [4.78, 5) is 140. The van der Waals surface area contributed by atoms with E-state index in [1.807, 2.05) is 116 Å². The van der Waals surface area contributed by atoms with Gasteiger partial charge < -0.3 is 60.7 Å². The number of pyridine rings is 4. The first-order valence-electron chi connectivity index (χ1n) is 40.5. The zero-order chi connectivity index (χ0) is 95.5. The quantitative estimate of drug-likeness (QED) is 0.00931. The van der Waals surface area contributed by atoms with Gasteiger partial charge in [0.2, 0.25) is 6.08 Å². The van der Waals surface area contributed by atoms with E-state index in [1.54, 1.807) is 245 Å². The second kappa shape index (κ2) is 51.4. The fourth-order valence-electron chi connectivity index (χ4n) is 11.0. The molecule has 7 amide bonds. The van der Waals surface area contributed by atoms with Gasteiger partial charge in [0.1, 0.15) is 31.0 Å². The minimum atomic E-state index is -1.02. The number of hydrogen-bond acceptors (Lipinski definition) is 27. The molecule has 0 aliphatic carbocycles. The maximum absolute atomic E-state index is 13.1. The number of nitrogens with one attached hydrogen (secondary N) is 7. The highest BCUT2D eigenvalue weighted by molar-refractivity contribution is 7.14. The highest BCUT2D eigenvalue weighted by Crippen LogP contribution is 2.35. The molecule has 13 N–H and O–H groups in total. The summed E-state index contributed by atoms with van der Waals surface area (Å²) in [6.07, 6.45) is 11.5. The summed E-state index contributed by atoms with van der Waals surface area (Å²) in [6.45, 7) is 13.2. The van der Waals surface area contributed by atoms with Gasteiger partial charge in [0.15, 0.2) is 0 Å². The Morgan fingerprint density at radius 2 is 0.752 bits per heavy atom. The SMILES string of the molecule is CC(C)(C)OC(=O)Nc1ccc(-c2cccs2)cc1N.CC(C)(C)OC(=O)Nc1ccc(-c2cccs2)cc1NC(=O)c1ccc(NC(=O)OCc2cccnc2)cc1.CCOC(=O)c1ccc(N=C=O)cc1.Nc1ccc(-c2cccs2)cc1NC(=O)c1ccc(NC(=O)OCc2cccnc2)cc1.O=C(Nc1ccc(C(=O)O)cc1)OCc1cccnc1.OCc1cccnc1. The summed E-state index contributed by atoms with van der Waals surface area (Å²) in [7, 11) is 0. The van der Waals surface area contributed by atoms with E-state index >= 15 is 0 Å². The van der Waals surface area contributed by atoms with E-state index in [0.717, 1.165) is 53.6 Å². The zero-order valence-electron chi connectivity index (χ0n) is 72.9. The maximum Gasteiger partial charge on any atom is 0.412 e. The number of benzene rings is 7. The number of thiophene rings is 3. The van der Waals surface area contributed by atoms with E-state index in [2.05, 4.69) is 62.1 Å². The van der Waals surface area contributed by atoms with E-state index in [9.17, 15) is 47.9 Å². The van der Waals surface area contributed by atoms with Gasteiger partial charge in [0.05, 0.1) is 64.2 Å². The Labute approximate surface area is 777 Å². The Morgan fingerprint density at radius 1 is 0.383 bits per heavy atom. The predicted molar refractivity (Wildman–Crippen MR) is 514 cm³/mol. The van der Waals surface area contributed by atoms with Crippen molar-refractivity contribution in [3.63, 3.8) is 0 Å². The number of carboxylic acid groups (broad SMARTS) is 1. The second-order valence-electron chi connectivity index (χ2n) is 29.7. The number of aromatic nitrogens is 4. The molecule has 0 atom stereocenters. The first-order chi connectivity index (χ1) is 63.9.